The Morgan fingerprint density at radius 2 is 1.72 bits per heavy atom. The zero-order valence-electron chi connectivity index (χ0n) is 14.1. The van der Waals surface area contributed by atoms with Gasteiger partial charge in [-0.05, 0) is 42.3 Å². The molecule has 1 atom stereocenters. The molecular weight excluding hydrogens is 359 g/mol. The Bertz CT molecular complexity index is 747. The predicted octanol–water partition coefficient (Wildman–Crippen LogP) is 3.70. The maximum absolute atomic E-state index is 12.8. The van der Waals surface area contributed by atoms with Crippen molar-refractivity contribution < 1.29 is 9.59 Å². The van der Waals surface area contributed by atoms with Gasteiger partial charge in [-0.25, -0.2) is 0 Å². The molecule has 132 valence electrons. The fourth-order valence-electron chi connectivity index (χ4n) is 2.50. The van der Waals surface area contributed by atoms with Crippen LogP contribution in [0.25, 0.3) is 0 Å². The van der Waals surface area contributed by atoms with Gasteiger partial charge in [-0.3, -0.25) is 9.59 Å². The average molecular weight is 379 g/mol. The number of carbonyl (C=O) groups excluding carboxylic acids is 2. The Labute approximate surface area is 157 Å². The summed E-state index contributed by atoms with van der Waals surface area (Å²) < 4.78 is 0. The summed E-state index contributed by atoms with van der Waals surface area (Å²) in [6.45, 7) is 2.04. The minimum Gasteiger partial charge on any atom is -0.357 e. The molecule has 2 amide bonds. The van der Waals surface area contributed by atoms with Crippen molar-refractivity contribution in [1.29, 1.82) is 0 Å². The smallest absolute Gasteiger partial charge is 0.242 e. The van der Waals surface area contributed by atoms with E-state index >= 15 is 0 Å². The van der Waals surface area contributed by atoms with Crippen LogP contribution in [0.3, 0.4) is 0 Å². The van der Waals surface area contributed by atoms with Gasteiger partial charge in [-0.1, -0.05) is 47.5 Å². The second-order valence-electron chi connectivity index (χ2n) is 5.75. The number of hydrogen-bond acceptors (Lipinski definition) is 2. The lowest BCUT2D eigenvalue weighted by molar-refractivity contribution is -0.139. The summed E-state index contributed by atoms with van der Waals surface area (Å²) in [4.78, 5) is 26.5. The topological polar surface area (TPSA) is 49.4 Å². The molecule has 0 saturated heterocycles. The van der Waals surface area contributed by atoms with Crippen LogP contribution in [-0.2, 0) is 22.6 Å². The van der Waals surface area contributed by atoms with Crippen LogP contribution >= 0.6 is 23.2 Å². The van der Waals surface area contributed by atoms with Gasteiger partial charge in [0.1, 0.15) is 6.04 Å². The second-order valence-corrected chi connectivity index (χ2v) is 6.62. The molecule has 0 aliphatic carbocycles. The molecule has 0 heterocycles. The third kappa shape index (κ3) is 5.48. The zero-order valence-corrected chi connectivity index (χ0v) is 15.6. The molecule has 0 radical (unpaired) electrons. The molecule has 0 spiro atoms. The van der Waals surface area contributed by atoms with Crippen LogP contribution in [0.5, 0.6) is 0 Å². The van der Waals surface area contributed by atoms with E-state index in [1.807, 2.05) is 18.2 Å². The molecule has 0 bridgehead atoms. The third-order valence-electron chi connectivity index (χ3n) is 3.92. The van der Waals surface area contributed by atoms with Crippen molar-refractivity contribution in [2.75, 3.05) is 7.05 Å². The van der Waals surface area contributed by atoms with Crippen LogP contribution in [0.1, 0.15) is 18.1 Å². The molecular formula is C19H20Cl2N2O2. The Morgan fingerprint density at radius 1 is 1.04 bits per heavy atom. The third-order valence-corrected chi connectivity index (χ3v) is 4.41. The Kier molecular flexibility index (Phi) is 6.85. The normalized spacial score (nSPS) is 11.7. The molecule has 0 aromatic heterocycles. The molecule has 6 heteroatoms. The summed E-state index contributed by atoms with van der Waals surface area (Å²) in [5, 5.41) is 3.80. The van der Waals surface area contributed by atoms with E-state index in [9.17, 15) is 9.59 Å². The summed E-state index contributed by atoms with van der Waals surface area (Å²) in [6.07, 6.45) is 0.176. The van der Waals surface area contributed by atoms with Crippen LogP contribution in [-0.4, -0.2) is 29.8 Å². The maximum atomic E-state index is 12.8. The van der Waals surface area contributed by atoms with E-state index in [0.29, 0.717) is 16.6 Å². The van der Waals surface area contributed by atoms with Gasteiger partial charge in [0.25, 0.3) is 0 Å². The summed E-state index contributed by atoms with van der Waals surface area (Å²) in [7, 11) is 1.56. The van der Waals surface area contributed by atoms with Gasteiger partial charge in [0, 0.05) is 23.6 Å². The number of halogens is 2. The zero-order chi connectivity index (χ0) is 18.4. The fraction of sp³-hybridized carbons (Fsp3) is 0.263. The Balaban J connectivity index is 2.21. The highest BCUT2D eigenvalue weighted by molar-refractivity contribution is 6.30. The van der Waals surface area contributed by atoms with Crippen molar-refractivity contribution in [2.24, 2.45) is 0 Å². The lowest BCUT2D eigenvalue weighted by Gasteiger charge is -2.28. The monoisotopic (exact) mass is 378 g/mol. The quantitative estimate of drug-likeness (QED) is 0.832. The minimum absolute atomic E-state index is 0.145. The highest BCUT2D eigenvalue weighted by atomic mass is 35.5. The van der Waals surface area contributed by atoms with Gasteiger partial charge in [0.2, 0.25) is 11.8 Å². The number of rotatable bonds is 6. The number of hydrogen-bond donors (Lipinski definition) is 1. The number of benzene rings is 2. The molecule has 2 rings (SSSR count). The lowest BCUT2D eigenvalue weighted by Crippen LogP contribution is -2.47. The Morgan fingerprint density at radius 3 is 2.32 bits per heavy atom. The largest absolute Gasteiger partial charge is 0.357 e. The molecule has 0 saturated carbocycles. The van der Waals surface area contributed by atoms with Gasteiger partial charge in [-0.15, -0.1) is 0 Å². The molecule has 1 N–H and O–H groups in total. The molecule has 4 nitrogen and oxygen atoms in total. The van der Waals surface area contributed by atoms with Gasteiger partial charge in [0.05, 0.1) is 6.42 Å². The van der Waals surface area contributed by atoms with E-state index in [1.165, 1.54) is 0 Å². The number of nitrogens with zero attached hydrogens (tertiary/aromatic N) is 1. The minimum atomic E-state index is -0.590. The van der Waals surface area contributed by atoms with E-state index in [0.717, 1.165) is 11.1 Å². The van der Waals surface area contributed by atoms with Gasteiger partial charge < -0.3 is 10.2 Å². The molecule has 2 aromatic rings. The first-order valence-corrected chi connectivity index (χ1v) is 8.66. The number of carbonyl (C=O) groups is 2. The molecule has 25 heavy (non-hydrogen) atoms. The summed E-state index contributed by atoms with van der Waals surface area (Å²) in [6, 6.07) is 13.8. The average Bonchev–Trinajstić information content (AvgIpc) is 2.59. The summed E-state index contributed by atoms with van der Waals surface area (Å²) in [5.41, 5.74) is 1.71. The highest BCUT2D eigenvalue weighted by Gasteiger charge is 2.25. The van der Waals surface area contributed by atoms with Crippen molar-refractivity contribution in [3.8, 4) is 0 Å². The summed E-state index contributed by atoms with van der Waals surface area (Å²) in [5.74, 6) is -0.360. The van der Waals surface area contributed by atoms with E-state index in [4.69, 9.17) is 23.2 Å². The first-order valence-electron chi connectivity index (χ1n) is 7.90. The van der Waals surface area contributed by atoms with Crippen molar-refractivity contribution >= 4 is 35.0 Å². The van der Waals surface area contributed by atoms with Gasteiger partial charge in [-0.2, -0.15) is 0 Å². The fourth-order valence-corrected chi connectivity index (χ4v) is 2.84. The molecule has 0 unspecified atom stereocenters. The number of likely N-dealkylation sites (N-methyl/N-ethyl adjacent to an activating group) is 1. The van der Waals surface area contributed by atoms with Crippen molar-refractivity contribution in [3.63, 3.8) is 0 Å². The van der Waals surface area contributed by atoms with E-state index < -0.39 is 6.04 Å². The van der Waals surface area contributed by atoms with Crippen LogP contribution in [0.4, 0.5) is 0 Å². The van der Waals surface area contributed by atoms with Crippen LogP contribution in [0.2, 0.25) is 10.0 Å². The van der Waals surface area contributed by atoms with Gasteiger partial charge >= 0.3 is 0 Å². The second kappa shape index (κ2) is 8.88. The Hall–Kier alpha value is -2.04. The standard InChI is InChI=1S/C19H20Cl2N2O2/c1-13(19(25)22-2)23(12-14-6-8-16(20)9-7-14)18(24)11-15-4-3-5-17(21)10-15/h3-10,13H,11-12H2,1-2H3,(H,22,25)/t13-/m1/s1. The molecule has 0 aliphatic heterocycles. The van der Waals surface area contributed by atoms with E-state index in [-0.39, 0.29) is 18.2 Å². The van der Waals surface area contributed by atoms with E-state index in [1.54, 1.807) is 49.2 Å². The van der Waals surface area contributed by atoms with Crippen molar-refractivity contribution in [3.05, 3.63) is 69.7 Å². The van der Waals surface area contributed by atoms with Crippen LogP contribution in [0.15, 0.2) is 48.5 Å². The molecule has 0 fully saturated rings. The van der Waals surface area contributed by atoms with Crippen LogP contribution < -0.4 is 5.32 Å². The number of nitrogens with one attached hydrogen (secondary N) is 1. The molecule has 0 aliphatic rings. The van der Waals surface area contributed by atoms with Crippen molar-refractivity contribution in [1.82, 2.24) is 10.2 Å². The molecule has 2 aromatic carbocycles. The van der Waals surface area contributed by atoms with Crippen molar-refractivity contribution in [2.45, 2.75) is 25.9 Å². The number of amides is 2. The van der Waals surface area contributed by atoms with Gasteiger partial charge in [0.15, 0.2) is 0 Å². The first-order chi connectivity index (χ1) is 11.9. The summed E-state index contributed by atoms with van der Waals surface area (Å²) >= 11 is 11.9. The SMILES string of the molecule is CNC(=O)[C@@H](C)N(Cc1ccc(Cl)cc1)C(=O)Cc1cccc(Cl)c1. The van der Waals surface area contributed by atoms with E-state index in [2.05, 4.69) is 5.32 Å². The van der Waals surface area contributed by atoms with Crippen LogP contribution in [0, 0.1) is 0 Å². The first kappa shape index (κ1) is 19.3. The maximum Gasteiger partial charge on any atom is 0.242 e. The lowest BCUT2D eigenvalue weighted by atomic mass is 10.1. The predicted molar refractivity (Wildman–Crippen MR) is 101 cm³/mol. The highest BCUT2D eigenvalue weighted by Crippen LogP contribution is 2.16.